The lowest BCUT2D eigenvalue weighted by Crippen LogP contribution is -2.00. The Labute approximate surface area is 97.0 Å². The van der Waals surface area contributed by atoms with Crippen molar-refractivity contribution in [1.29, 1.82) is 0 Å². The summed E-state index contributed by atoms with van der Waals surface area (Å²) in [6.07, 6.45) is 12.6. The third-order valence-electron chi connectivity index (χ3n) is 3.06. The van der Waals surface area contributed by atoms with Crippen LogP contribution in [0.15, 0.2) is 41.9 Å². The van der Waals surface area contributed by atoms with Gasteiger partial charge in [0.05, 0.1) is 6.33 Å². The quantitative estimate of drug-likeness (QED) is 0.733. The summed E-state index contributed by atoms with van der Waals surface area (Å²) in [6.45, 7) is 6.49. The minimum absolute atomic E-state index is 1.02. The van der Waals surface area contributed by atoms with Gasteiger partial charge < -0.3 is 4.57 Å². The van der Waals surface area contributed by atoms with Crippen molar-refractivity contribution in [3.05, 3.63) is 47.6 Å². The van der Waals surface area contributed by atoms with Crippen LogP contribution in [0.2, 0.25) is 0 Å². The minimum Gasteiger partial charge on any atom is -0.303 e. The van der Waals surface area contributed by atoms with Crippen molar-refractivity contribution in [3.8, 4) is 0 Å². The van der Waals surface area contributed by atoms with E-state index in [1.165, 1.54) is 22.5 Å². The van der Waals surface area contributed by atoms with Gasteiger partial charge in [0.1, 0.15) is 0 Å². The maximum Gasteiger partial charge on any atom is 0.0994 e. The first kappa shape index (κ1) is 10.9. The van der Waals surface area contributed by atoms with Gasteiger partial charge in [-0.05, 0) is 43.9 Å². The molecule has 1 aromatic heterocycles. The molecule has 0 unspecified atom stereocenters. The van der Waals surface area contributed by atoms with Crippen molar-refractivity contribution >= 4 is 5.70 Å². The monoisotopic (exact) mass is 214 g/mol. The number of aromatic nitrogens is 2. The summed E-state index contributed by atoms with van der Waals surface area (Å²) in [5.41, 5.74) is 5.24. The number of imidazole rings is 1. The van der Waals surface area contributed by atoms with E-state index in [0.717, 1.165) is 12.8 Å². The number of rotatable bonds is 2. The van der Waals surface area contributed by atoms with Crippen LogP contribution in [0, 0.1) is 6.92 Å². The minimum atomic E-state index is 1.02. The van der Waals surface area contributed by atoms with Crippen molar-refractivity contribution in [2.75, 3.05) is 0 Å². The van der Waals surface area contributed by atoms with Crippen molar-refractivity contribution in [1.82, 2.24) is 9.55 Å². The van der Waals surface area contributed by atoms with Gasteiger partial charge in [-0.3, -0.25) is 0 Å². The summed E-state index contributed by atoms with van der Waals surface area (Å²) >= 11 is 0. The summed E-state index contributed by atoms with van der Waals surface area (Å²) in [6, 6.07) is 0. The van der Waals surface area contributed by atoms with Gasteiger partial charge in [0.15, 0.2) is 0 Å². The molecule has 0 amide bonds. The van der Waals surface area contributed by atoms with Gasteiger partial charge >= 0.3 is 0 Å². The first-order chi connectivity index (χ1) is 7.74. The fourth-order valence-corrected chi connectivity index (χ4v) is 2.15. The van der Waals surface area contributed by atoms with Crippen LogP contribution in [0.5, 0.6) is 0 Å². The number of hydrogen-bond donors (Lipinski definition) is 0. The Morgan fingerprint density at radius 2 is 2.19 bits per heavy atom. The summed E-state index contributed by atoms with van der Waals surface area (Å²) in [4.78, 5) is 4.20. The average Bonchev–Trinajstić information content (AvgIpc) is 2.59. The molecule has 0 fully saturated rings. The largest absolute Gasteiger partial charge is 0.303 e. The highest BCUT2D eigenvalue weighted by Gasteiger charge is 2.10. The second-order valence-electron chi connectivity index (χ2n) is 4.15. The van der Waals surface area contributed by atoms with Crippen molar-refractivity contribution < 1.29 is 0 Å². The molecule has 84 valence electrons. The van der Waals surface area contributed by atoms with Crippen LogP contribution < -0.4 is 0 Å². The molecule has 1 heterocycles. The standard InChI is InChI=1S/C14H18N2/c1-4-13-11(2)7-5-6-8-14(13)16-10-15-9-12(16)3/h6-10H,4-5H2,1-3H3. The molecule has 2 rings (SSSR count). The zero-order valence-corrected chi connectivity index (χ0v) is 10.2. The Morgan fingerprint density at radius 1 is 1.38 bits per heavy atom. The number of aryl methyl sites for hydroxylation is 1. The molecule has 0 aromatic carbocycles. The third-order valence-corrected chi connectivity index (χ3v) is 3.06. The average molecular weight is 214 g/mol. The van der Waals surface area contributed by atoms with Crippen LogP contribution in [-0.2, 0) is 0 Å². The van der Waals surface area contributed by atoms with E-state index in [9.17, 15) is 0 Å². The van der Waals surface area contributed by atoms with Gasteiger partial charge in [0, 0.05) is 17.6 Å². The summed E-state index contributed by atoms with van der Waals surface area (Å²) in [5.74, 6) is 0. The summed E-state index contributed by atoms with van der Waals surface area (Å²) in [7, 11) is 0. The normalized spacial score (nSPS) is 16.3. The van der Waals surface area contributed by atoms with Gasteiger partial charge in [-0.15, -0.1) is 0 Å². The fourth-order valence-electron chi connectivity index (χ4n) is 2.15. The molecule has 0 radical (unpaired) electrons. The molecule has 16 heavy (non-hydrogen) atoms. The molecule has 0 atom stereocenters. The molecule has 0 saturated carbocycles. The molecular weight excluding hydrogens is 196 g/mol. The zero-order chi connectivity index (χ0) is 11.5. The maximum absolute atomic E-state index is 4.20. The Kier molecular flexibility index (Phi) is 3.09. The van der Waals surface area contributed by atoms with Gasteiger partial charge in [-0.2, -0.15) is 0 Å². The molecule has 1 aliphatic rings. The van der Waals surface area contributed by atoms with Crippen molar-refractivity contribution in [2.45, 2.75) is 33.6 Å². The van der Waals surface area contributed by atoms with E-state index in [1.807, 2.05) is 12.5 Å². The van der Waals surface area contributed by atoms with Crippen LogP contribution in [0.4, 0.5) is 0 Å². The van der Waals surface area contributed by atoms with Gasteiger partial charge in [-0.1, -0.05) is 19.1 Å². The molecule has 1 aliphatic carbocycles. The third kappa shape index (κ3) is 1.87. The molecular formula is C14H18N2. The second-order valence-corrected chi connectivity index (χ2v) is 4.15. The van der Waals surface area contributed by atoms with Crippen LogP contribution in [-0.4, -0.2) is 9.55 Å². The van der Waals surface area contributed by atoms with E-state index in [4.69, 9.17) is 0 Å². The Morgan fingerprint density at radius 3 is 2.81 bits per heavy atom. The maximum atomic E-state index is 4.20. The van der Waals surface area contributed by atoms with Crippen LogP contribution >= 0.6 is 0 Å². The van der Waals surface area contributed by atoms with Crippen LogP contribution in [0.25, 0.3) is 5.70 Å². The topological polar surface area (TPSA) is 17.8 Å². The fraction of sp³-hybridized carbons (Fsp3) is 0.357. The highest BCUT2D eigenvalue weighted by Crippen LogP contribution is 2.26. The molecule has 0 saturated heterocycles. The Balaban J connectivity index is 2.59. The second kappa shape index (κ2) is 4.52. The molecule has 1 aromatic rings. The highest BCUT2D eigenvalue weighted by molar-refractivity contribution is 5.67. The van der Waals surface area contributed by atoms with E-state index in [0.29, 0.717) is 0 Å². The van der Waals surface area contributed by atoms with E-state index >= 15 is 0 Å². The summed E-state index contributed by atoms with van der Waals surface area (Å²) in [5, 5.41) is 0. The van der Waals surface area contributed by atoms with Crippen molar-refractivity contribution in [2.24, 2.45) is 0 Å². The number of allylic oxidation sites excluding steroid dienone is 6. The van der Waals surface area contributed by atoms with Crippen LogP contribution in [0.1, 0.15) is 32.4 Å². The first-order valence-electron chi connectivity index (χ1n) is 5.80. The van der Waals surface area contributed by atoms with E-state index in [1.54, 1.807) is 0 Å². The molecule has 0 aliphatic heterocycles. The van der Waals surface area contributed by atoms with Crippen molar-refractivity contribution in [3.63, 3.8) is 0 Å². The molecule has 0 spiro atoms. The highest BCUT2D eigenvalue weighted by atomic mass is 15.1. The lowest BCUT2D eigenvalue weighted by molar-refractivity contribution is 0.999. The Hall–Kier alpha value is -1.57. The SMILES string of the molecule is CCC1=C(n2cncc2C)C=CCC=C1C. The predicted molar refractivity (Wildman–Crippen MR) is 68.0 cm³/mol. The smallest absolute Gasteiger partial charge is 0.0994 e. The zero-order valence-electron chi connectivity index (χ0n) is 10.2. The molecule has 2 heteroatoms. The van der Waals surface area contributed by atoms with Gasteiger partial charge in [0.2, 0.25) is 0 Å². The lowest BCUT2D eigenvalue weighted by Gasteiger charge is -2.13. The van der Waals surface area contributed by atoms with Gasteiger partial charge in [0.25, 0.3) is 0 Å². The van der Waals surface area contributed by atoms with E-state index in [-0.39, 0.29) is 0 Å². The molecule has 0 bridgehead atoms. The number of nitrogens with zero attached hydrogens (tertiary/aromatic N) is 2. The van der Waals surface area contributed by atoms with E-state index in [2.05, 4.69) is 48.6 Å². The van der Waals surface area contributed by atoms with Gasteiger partial charge in [-0.25, -0.2) is 4.98 Å². The summed E-state index contributed by atoms with van der Waals surface area (Å²) < 4.78 is 2.16. The Bertz CT molecular complexity index is 473. The molecule has 2 nitrogen and oxygen atoms in total. The predicted octanol–water partition coefficient (Wildman–Crippen LogP) is 3.72. The number of hydrogen-bond acceptors (Lipinski definition) is 1. The first-order valence-corrected chi connectivity index (χ1v) is 5.80. The van der Waals surface area contributed by atoms with E-state index < -0.39 is 0 Å². The van der Waals surface area contributed by atoms with Crippen LogP contribution in [0.3, 0.4) is 0 Å². The lowest BCUT2D eigenvalue weighted by atomic mass is 10.0. The molecule has 0 N–H and O–H groups in total.